The fourth-order valence-electron chi connectivity index (χ4n) is 3.49. The smallest absolute Gasteiger partial charge is 0.348 e. The van der Waals surface area contributed by atoms with E-state index in [1.165, 1.54) is 9.80 Å². The van der Waals surface area contributed by atoms with E-state index in [-0.39, 0.29) is 36.8 Å². The van der Waals surface area contributed by atoms with Gasteiger partial charge in [0, 0.05) is 57.0 Å². The van der Waals surface area contributed by atoms with Crippen LogP contribution in [-0.4, -0.2) is 52.9 Å². The maximum absolute atomic E-state index is 13.0. The third-order valence-corrected chi connectivity index (χ3v) is 5.45. The van der Waals surface area contributed by atoms with E-state index >= 15 is 0 Å². The van der Waals surface area contributed by atoms with Crippen LogP contribution in [0.4, 0.5) is 16.5 Å². The number of nitrogens with one attached hydrogen (secondary N) is 1. The Morgan fingerprint density at radius 3 is 2.57 bits per heavy atom. The Kier molecular flexibility index (Phi) is 8.13. The molecule has 0 spiro atoms. The lowest BCUT2D eigenvalue weighted by Crippen LogP contribution is -2.42. The van der Waals surface area contributed by atoms with Crippen LogP contribution in [0.25, 0.3) is 10.9 Å². The summed E-state index contributed by atoms with van der Waals surface area (Å²) in [5.41, 5.74) is 6.44. The molecular formula is C24H28N6O5. The Morgan fingerprint density at radius 1 is 1.14 bits per heavy atom. The van der Waals surface area contributed by atoms with Crippen molar-refractivity contribution in [2.45, 2.75) is 33.1 Å². The number of carbonyl (C=O) groups is 3. The summed E-state index contributed by atoms with van der Waals surface area (Å²) in [5.74, 6) is -0.984. The molecule has 1 aromatic carbocycles. The Balaban J connectivity index is 1.81. The minimum absolute atomic E-state index is 0.0694. The van der Waals surface area contributed by atoms with Crippen molar-refractivity contribution in [1.29, 1.82) is 0 Å². The molecule has 4 amide bonds. The lowest BCUT2D eigenvalue weighted by molar-refractivity contribution is -0.122. The van der Waals surface area contributed by atoms with Gasteiger partial charge in [0.15, 0.2) is 0 Å². The molecule has 2 heterocycles. The zero-order valence-electron chi connectivity index (χ0n) is 19.9. The van der Waals surface area contributed by atoms with Gasteiger partial charge in [-0.05, 0) is 43.7 Å². The first kappa shape index (κ1) is 25.3. The predicted molar refractivity (Wildman–Crippen MR) is 131 cm³/mol. The van der Waals surface area contributed by atoms with Gasteiger partial charge in [0.25, 0.3) is 0 Å². The highest BCUT2D eigenvalue weighted by molar-refractivity contribution is 5.97. The fraction of sp³-hybridized carbons (Fsp3) is 0.333. The minimum Gasteiger partial charge on any atom is -0.388 e. The number of aromatic nitrogens is 2. The van der Waals surface area contributed by atoms with Gasteiger partial charge in [0.05, 0.1) is 10.9 Å². The summed E-state index contributed by atoms with van der Waals surface area (Å²) in [6.45, 7) is 4.06. The SMILES string of the molecule is CCN(C(=O)N(C)CCc1ccccn1)c1nc2ccc(NC(=O)CCC(N)=O)c(C)c2c(=O)o1. The molecule has 11 heteroatoms. The standard InChI is InChI=1S/C24H28N6O5/c1-4-30(24(34)29(3)14-12-16-7-5-6-13-26-16)23-28-18-9-8-17(15(2)21(18)22(33)35-23)27-20(32)11-10-19(25)31/h5-9,13H,4,10-12,14H2,1-3H3,(H2,25,31)(H,27,32). The fourth-order valence-corrected chi connectivity index (χ4v) is 3.49. The van der Waals surface area contributed by atoms with Crippen molar-refractivity contribution in [3.63, 3.8) is 0 Å². The molecule has 0 aliphatic heterocycles. The van der Waals surface area contributed by atoms with Crippen molar-refractivity contribution in [2.24, 2.45) is 5.73 Å². The molecule has 3 aromatic rings. The number of hydrogen-bond donors (Lipinski definition) is 2. The number of amides is 4. The Bertz CT molecular complexity index is 1290. The van der Waals surface area contributed by atoms with Gasteiger partial charge < -0.3 is 20.4 Å². The first-order chi connectivity index (χ1) is 16.7. The number of nitrogens with zero attached hydrogens (tertiary/aromatic N) is 4. The van der Waals surface area contributed by atoms with Crippen LogP contribution in [0.1, 0.15) is 31.0 Å². The van der Waals surface area contributed by atoms with Gasteiger partial charge in [0.2, 0.25) is 11.8 Å². The van der Waals surface area contributed by atoms with Crippen molar-refractivity contribution in [2.75, 3.05) is 30.4 Å². The van der Waals surface area contributed by atoms with Crippen LogP contribution in [0, 0.1) is 6.92 Å². The van der Waals surface area contributed by atoms with E-state index in [0.29, 0.717) is 29.7 Å². The van der Waals surface area contributed by atoms with E-state index in [1.807, 2.05) is 18.2 Å². The van der Waals surface area contributed by atoms with Crippen molar-refractivity contribution in [1.82, 2.24) is 14.9 Å². The number of pyridine rings is 1. The number of urea groups is 1. The van der Waals surface area contributed by atoms with Crippen LogP contribution in [0.3, 0.4) is 0 Å². The molecular weight excluding hydrogens is 452 g/mol. The number of likely N-dealkylation sites (N-methyl/N-ethyl adjacent to an activating group) is 1. The second kappa shape index (κ2) is 11.2. The quantitative estimate of drug-likeness (QED) is 0.476. The maximum atomic E-state index is 13.0. The van der Waals surface area contributed by atoms with E-state index in [4.69, 9.17) is 10.2 Å². The summed E-state index contributed by atoms with van der Waals surface area (Å²) in [7, 11) is 1.66. The average molecular weight is 481 g/mol. The monoisotopic (exact) mass is 480 g/mol. The number of anilines is 2. The molecule has 0 aliphatic carbocycles. The van der Waals surface area contributed by atoms with Crippen LogP contribution in [0.2, 0.25) is 0 Å². The molecule has 0 atom stereocenters. The average Bonchev–Trinajstić information content (AvgIpc) is 2.83. The second-order valence-electron chi connectivity index (χ2n) is 7.95. The van der Waals surface area contributed by atoms with Crippen LogP contribution in [-0.2, 0) is 16.0 Å². The summed E-state index contributed by atoms with van der Waals surface area (Å²) in [6.07, 6.45) is 2.12. The Morgan fingerprint density at radius 2 is 1.91 bits per heavy atom. The highest BCUT2D eigenvalue weighted by atomic mass is 16.4. The zero-order chi connectivity index (χ0) is 25.5. The molecule has 0 radical (unpaired) electrons. The van der Waals surface area contributed by atoms with Crippen LogP contribution in [0.5, 0.6) is 0 Å². The van der Waals surface area contributed by atoms with E-state index in [9.17, 15) is 19.2 Å². The highest BCUT2D eigenvalue weighted by Gasteiger charge is 2.23. The predicted octanol–water partition coefficient (Wildman–Crippen LogP) is 2.22. The third-order valence-electron chi connectivity index (χ3n) is 5.45. The molecule has 2 aromatic heterocycles. The van der Waals surface area contributed by atoms with Gasteiger partial charge in [-0.1, -0.05) is 6.07 Å². The lowest BCUT2D eigenvalue weighted by Gasteiger charge is -2.25. The van der Waals surface area contributed by atoms with Crippen molar-refractivity contribution >= 4 is 40.5 Å². The number of benzene rings is 1. The van der Waals surface area contributed by atoms with Gasteiger partial charge in [-0.15, -0.1) is 0 Å². The number of aryl methyl sites for hydroxylation is 1. The topological polar surface area (TPSA) is 152 Å². The molecule has 35 heavy (non-hydrogen) atoms. The van der Waals surface area contributed by atoms with Gasteiger partial charge in [-0.25, -0.2) is 14.5 Å². The largest absolute Gasteiger partial charge is 0.388 e. The van der Waals surface area contributed by atoms with E-state index < -0.39 is 17.4 Å². The van der Waals surface area contributed by atoms with Crippen LogP contribution < -0.4 is 21.6 Å². The van der Waals surface area contributed by atoms with E-state index in [1.54, 1.807) is 39.2 Å². The number of nitrogens with two attached hydrogens (primary N) is 1. The molecule has 184 valence electrons. The molecule has 0 unspecified atom stereocenters. The zero-order valence-corrected chi connectivity index (χ0v) is 19.9. The Hall–Kier alpha value is -4.28. The van der Waals surface area contributed by atoms with Gasteiger partial charge in [-0.2, -0.15) is 4.98 Å². The summed E-state index contributed by atoms with van der Waals surface area (Å²) < 4.78 is 5.42. The third kappa shape index (κ3) is 6.19. The lowest BCUT2D eigenvalue weighted by atomic mass is 10.1. The second-order valence-corrected chi connectivity index (χ2v) is 7.95. The maximum Gasteiger partial charge on any atom is 0.348 e. The number of primary amides is 1. The highest BCUT2D eigenvalue weighted by Crippen LogP contribution is 2.24. The molecule has 3 N–H and O–H groups in total. The summed E-state index contributed by atoms with van der Waals surface area (Å²) in [6, 6.07) is 8.29. The van der Waals surface area contributed by atoms with E-state index in [2.05, 4.69) is 15.3 Å². The van der Waals surface area contributed by atoms with E-state index in [0.717, 1.165) is 5.69 Å². The first-order valence-corrected chi connectivity index (χ1v) is 11.2. The first-order valence-electron chi connectivity index (χ1n) is 11.2. The van der Waals surface area contributed by atoms with Gasteiger partial charge >= 0.3 is 17.7 Å². The summed E-state index contributed by atoms with van der Waals surface area (Å²) in [5, 5.41) is 2.85. The molecule has 11 nitrogen and oxygen atoms in total. The minimum atomic E-state index is -0.682. The van der Waals surface area contributed by atoms with Gasteiger partial charge in [-0.3, -0.25) is 14.6 Å². The summed E-state index contributed by atoms with van der Waals surface area (Å²) in [4.78, 5) is 60.3. The Labute approximate surface area is 201 Å². The van der Waals surface area contributed by atoms with Crippen molar-refractivity contribution in [3.8, 4) is 0 Å². The molecule has 0 saturated carbocycles. The van der Waals surface area contributed by atoms with Crippen molar-refractivity contribution in [3.05, 3.63) is 58.2 Å². The normalized spacial score (nSPS) is 10.7. The molecule has 0 aliphatic rings. The number of hydrogen-bond acceptors (Lipinski definition) is 7. The molecule has 0 bridgehead atoms. The van der Waals surface area contributed by atoms with Crippen LogP contribution in [0.15, 0.2) is 45.7 Å². The number of fused-ring (bicyclic) bond motifs is 1. The van der Waals surface area contributed by atoms with Crippen LogP contribution >= 0.6 is 0 Å². The molecule has 0 fully saturated rings. The molecule has 3 rings (SSSR count). The summed E-state index contributed by atoms with van der Waals surface area (Å²) >= 11 is 0. The van der Waals surface area contributed by atoms with Crippen molar-refractivity contribution < 1.29 is 18.8 Å². The molecule has 0 saturated heterocycles. The number of carbonyl (C=O) groups excluding carboxylic acids is 3. The van der Waals surface area contributed by atoms with Gasteiger partial charge in [0.1, 0.15) is 0 Å². The number of rotatable bonds is 9.